The van der Waals surface area contributed by atoms with Gasteiger partial charge < -0.3 is 39.0 Å². The summed E-state index contributed by atoms with van der Waals surface area (Å²) in [6.45, 7) is 6.79. The van der Waals surface area contributed by atoms with E-state index in [1.165, 1.54) is 26.0 Å². The molecule has 0 radical (unpaired) electrons. The van der Waals surface area contributed by atoms with Gasteiger partial charge in [-0.2, -0.15) is 0 Å². The number of rotatable bonds is 11. The highest BCUT2D eigenvalue weighted by atomic mass is 16.7. The Labute approximate surface area is 335 Å². The Morgan fingerprint density at radius 2 is 1.47 bits per heavy atom. The molecule has 13 nitrogen and oxygen atoms in total. The third kappa shape index (κ3) is 6.58. The van der Waals surface area contributed by atoms with Gasteiger partial charge in [0.15, 0.2) is 29.4 Å². The predicted octanol–water partition coefficient (Wildman–Crippen LogP) is 4.27. The van der Waals surface area contributed by atoms with E-state index in [0.717, 1.165) is 0 Å². The molecular weight excluding hydrogens is 748 g/mol. The number of aliphatic hydroxyl groups is 3. The first-order valence-corrected chi connectivity index (χ1v) is 19.3. The summed E-state index contributed by atoms with van der Waals surface area (Å²) < 4.78 is 30.0. The Kier molecular flexibility index (Phi) is 10.8. The second-order valence-corrected chi connectivity index (χ2v) is 16.5. The van der Waals surface area contributed by atoms with Gasteiger partial charge >= 0.3 is 17.9 Å². The molecule has 3 saturated heterocycles. The maximum Gasteiger partial charge on any atom is 0.338 e. The summed E-state index contributed by atoms with van der Waals surface area (Å²) in [5, 5.41) is 36.2. The van der Waals surface area contributed by atoms with Gasteiger partial charge in [0.05, 0.1) is 29.6 Å². The number of fused-ring (bicyclic) bond motifs is 5. The van der Waals surface area contributed by atoms with E-state index in [9.17, 15) is 34.5 Å². The number of carbonyl (C=O) groups is 5. The summed E-state index contributed by atoms with van der Waals surface area (Å²) in [6, 6.07) is 25.2. The smallest absolute Gasteiger partial charge is 0.338 e. The van der Waals surface area contributed by atoms with Crippen LogP contribution in [0.15, 0.2) is 102 Å². The number of ether oxygens (including phenoxy) is 5. The maximum absolute atomic E-state index is 15.1. The molecule has 13 heteroatoms. The molecule has 306 valence electrons. The Morgan fingerprint density at radius 1 is 0.879 bits per heavy atom. The van der Waals surface area contributed by atoms with Gasteiger partial charge in [-0.1, -0.05) is 92.7 Å². The average Bonchev–Trinajstić information content (AvgIpc) is 3.39. The molecule has 0 spiro atoms. The molecule has 1 aliphatic carbocycles. The number of aliphatic hydroxyl groups excluding tert-OH is 2. The fraction of sp³-hybridized carbons (Fsp3) is 0.444. The summed E-state index contributed by atoms with van der Waals surface area (Å²) in [5.41, 5.74) is -3.38. The lowest BCUT2D eigenvalue weighted by Crippen LogP contribution is -2.79. The monoisotopic (exact) mass is 796 g/mol. The second kappa shape index (κ2) is 15.3. The average molecular weight is 797 g/mol. The van der Waals surface area contributed by atoms with E-state index in [-0.39, 0.29) is 41.9 Å². The van der Waals surface area contributed by atoms with Gasteiger partial charge in [-0.05, 0) is 42.7 Å². The van der Waals surface area contributed by atoms with Crippen molar-refractivity contribution in [2.45, 2.75) is 95.3 Å². The molecule has 58 heavy (non-hydrogen) atoms. The van der Waals surface area contributed by atoms with Crippen molar-refractivity contribution in [2.24, 2.45) is 16.7 Å². The summed E-state index contributed by atoms with van der Waals surface area (Å²) in [4.78, 5) is 68.6. The number of esters is 3. The molecule has 4 fully saturated rings. The molecule has 7 rings (SSSR count). The molecule has 3 aliphatic heterocycles. The first-order valence-electron chi connectivity index (χ1n) is 19.3. The summed E-state index contributed by atoms with van der Waals surface area (Å²) in [6.07, 6.45) is -7.64. The van der Waals surface area contributed by atoms with Crippen molar-refractivity contribution in [1.29, 1.82) is 0 Å². The van der Waals surface area contributed by atoms with E-state index < -0.39 is 94.9 Å². The SMILES string of the molecule is CC(=O)O[C@@]12CO[C@@H]1C[C@H](O)[C@@]1(C)C(=O)[C@H]3O[C@@](O)([C@@H](OC(=O)c4ccccc4)C12)C(C)(C)/C3=C(/C)COC(=O)[C@H](O)[C@@H](CC(=O)c1ccccc1)c1ccccc1. The van der Waals surface area contributed by atoms with Crippen LogP contribution in [0.5, 0.6) is 0 Å². The molecule has 1 unspecified atom stereocenters. The van der Waals surface area contributed by atoms with Crippen LogP contribution >= 0.6 is 0 Å². The van der Waals surface area contributed by atoms with E-state index in [2.05, 4.69) is 0 Å². The molecule has 3 heterocycles. The Morgan fingerprint density at radius 3 is 2.03 bits per heavy atom. The maximum atomic E-state index is 15.1. The van der Waals surface area contributed by atoms with Crippen LogP contribution in [0.4, 0.5) is 0 Å². The van der Waals surface area contributed by atoms with Gasteiger partial charge in [-0.3, -0.25) is 14.4 Å². The molecule has 0 aromatic heterocycles. The number of hydrogen-bond donors (Lipinski definition) is 3. The molecule has 2 bridgehead atoms. The van der Waals surface area contributed by atoms with Gasteiger partial charge in [-0.15, -0.1) is 0 Å². The fourth-order valence-electron chi connectivity index (χ4n) is 9.65. The van der Waals surface area contributed by atoms with Crippen LogP contribution < -0.4 is 0 Å². The molecule has 3 aromatic carbocycles. The zero-order chi connectivity index (χ0) is 41.8. The molecule has 1 saturated carbocycles. The second-order valence-electron chi connectivity index (χ2n) is 16.5. The first-order chi connectivity index (χ1) is 27.5. The van der Waals surface area contributed by atoms with Crippen molar-refractivity contribution < 1.29 is 63.0 Å². The van der Waals surface area contributed by atoms with E-state index in [4.69, 9.17) is 23.7 Å². The molecular formula is C45H48O13. The van der Waals surface area contributed by atoms with Crippen LogP contribution in [0.25, 0.3) is 0 Å². The Bertz CT molecular complexity index is 2120. The van der Waals surface area contributed by atoms with Crippen LogP contribution in [-0.2, 0) is 38.1 Å². The lowest BCUT2D eigenvalue weighted by molar-refractivity contribution is -0.356. The highest BCUT2D eigenvalue weighted by Gasteiger charge is 2.80. The lowest BCUT2D eigenvalue weighted by atomic mass is 9.49. The minimum Gasteiger partial charge on any atom is -0.459 e. The van der Waals surface area contributed by atoms with Gasteiger partial charge in [0.2, 0.25) is 5.79 Å². The van der Waals surface area contributed by atoms with Gasteiger partial charge in [-0.25, -0.2) is 9.59 Å². The van der Waals surface area contributed by atoms with Crippen LogP contribution in [0.3, 0.4) is 0 Å². The van der Waals surface area contributed by atoms with Crippen molar-refractivity contribution in [1.82, 2.24) is 0 Å². The lowest BCUT2D eigenvalue weighted by Gasteiger charge is -2.63. The van der Waals surface area contributed by atoms with E-state index in [1.807, 2.05) is 0 Å². The third-order valence-electron chi connectivity index (χ3n) is 12.8. The van der Waals surface area contributed by atoms with Crippen molar-refractivity contribution in [3.8, 4) is 0 Å². The van der Waals surface area contributed by atoms with Crippen LogP contribution in [0.2, 0.25) is 0 Å². The number of hydrogen-bond acceptors (Lipinski definition) is 13. The topological polar surface area (TPSA) is 192 Å². The molecule has 3 N–H and O–H groups in total. The summed E-state index contributed by atoms with van der Waals surface area (Å²) >= 11 is 0. The fourth-order valence-corrected chi connectivity index (χ4v) is 9.65. The molecule has 10 atom stereocenters. The standard InChI is InChI=1S/C45H48O13/c1-25(23-54-41(52)35(49)30(27-15-9-6-10-16-27)21-31(47)28-17-11-7-12-18-28)34-36-38(50)43(5)32(48)22-33-44(24-55-33,57-26(2)46)37(43)39(45(53,58-36)42(34,3)4)56-40(51)29-19-13-8-14-20-29/h6-20,30,32-33,35-37,39,48-49,53H,21-24H2,1-5H3/b34-25-/t30-,32-,33+,35+,36-,37?,39-,43+,44-,45-/m0/s1. The molecule has 4 aliphatic rings. The molecule has 3 aromatic rings. The number of ketones is 2. The zero-order valence-corrected chi connectivity index (χ0v) is 33.0. The van der Waals surface area contributed by atoms with E-state index >= 15 is 4.79 Å². The highest BCUT2D eigenvalue weighted by molar-refractivity contribution is 5.97. The van der Waals surface area contributed by atoms with Crippen LogP contribution in [-0.4, -0.2) is 99.9 Å². The Hall–Kier alpha value is -5.05. The Balaban J connectivity index is 1.24. The third-order valence-corrected chi connectivity index (χ3v) is 12.8. The van der Waals surface area contributed by atoms with Crippen molar-refractivity contribution in [2.75, 3.05) is 13.2 Å². The zero-order valence-electron chi connectivity index (χ0n) is 33.0. The van der Waals surface area contributed by atoms with Crippen LogP contribution in [0.1, 0.15) is 79.7 Å². The van der Waals surface area contributed by atoms with Crippen molar-refractivity contribution >= 4 is 29.5 Å². The quantitative estimate of drug-likeness (QED) is 0.108. The first kappa shape index (κ1) is 41.1. The predicted molar refractivity (Wildman–Crippen MR) is 205 cm³/mol. The normalized spacial score (nSPS) is 32.6. The van der Waals surface area contributed by atoms with E-state index in [1.54, 1.807) is 99.6 Å². The minimum absolute atomic E-state index is 0.108. The minimum atomic E-state index is -2.49. The summed E-state index contributed by atoms with van der Waals surface area (Å²) in [7, 11) is 0. The number of carbonyl (C=O) groups excluding carboxylic acids is 5. The largest absolute Gasteiger partial charge is 0.459 e. The molecule has 0 amide bonds. The summed E-state index contributed by atoms with van der Waals surface area (Å²) in [5.74, 6) is -8.34. The van der Waals surface area contributed by atoms with Gasteiger partial charge in [0.1, 0.15) is 18.8 Å². The van der Waals surface area contributed by atoms with Crippen LogP contribution in [0, 0.1) is 16.7 Å². The van der Waals surface area contributed by atoms with Gasteiger partial charge in [0.25, 0.3) is 0 Å². The van der Waals surface area contributed by atoms with Gasteiger partial charge in [0, 0.05) is 36.7 Å². The van der Waals surface area contributed by atoms with E-state index in [0.29, 0.717) is 11.1 Å². The number of Topliss-reactive ketones (excluding diaryl/α,β-unsaturated/α-hetero) is 2. The highest BCUT2D eigenvalue weighted by Crippen LogP contribution is 2.65. The number of benzene rings is 3. The van der Waals surface area contributed by atoms with Crippen molar-refractivity contribution in [3.05, 3.63) is 119 Å². The van der Waals surface area contributed by atoms with Crippen molar-refractivity contribution in [3.63, 3.8) is 0 Å².